The Labute approximate surface area is 230 Å². The molecule has 0 saturated carbocycles. The van der Waals surface area contributed by atoms with Crippen molar-refractivity contribution < 1.29 is 0 Å². The lowest BCUT2D eigenvalue weighted by Crippen LogP contribution is -2.50. The van der Waals surface area contributed by atoms with Crippen LogP contribution in [-0.2, 0) is 18.6 Å². The molecular weight excluding hydrogens is 468 g/mol. The van der Waals surface area contributed by atoms with Gasteiger partial charge in [0.1, 0.15) is 5.82 Å². The highest BCUT2D eigenvalue weighted by molar-refractivity contribution is 5.77. The Balaban J connectivity index is 1.34. The van der Waals surface area contributed by atoms with Gasteiger partial charge in [0.2, 0.25) is 0 Å². The van der Waals surface area contributed by atoms with Crippen LogP contribution in [0.1, 0.15) is 68.9 Å². The highest BCUT2D eigenvalue weighted by atomic mass is 15.2. The lowest BCUT2D eigenvalue weighted by atomic mass is 9.79. The van der Waals surface area contributed by atoms with Gasteiger partial charge < -0.3 is 9.88 Å². The molecule has 6 nitrogen and oxygen atoms in total. The number of benzene rings is 2. The summed E-state index contributed by atoms with van der Waals surface area (Å²) < 4.78 is 2.48. The number of aromatic nitrogens is 2. The topological polar surface area (TPSA) is 39.6 Å². The third-order valence-electron chi connectivity index (χ3n) is 9.09. The third-order valence-corrected chi connectivity index (χ3v) is 9.09. The zero-order valence-corrected chi connectivity index (χ0v) is 24.1. The second kappa shape index (κ2) is 12.3. The average molecular weight is 517 g/mol. The monoisotopic (exact) mass is 516 g/mol. The van der Waals surface area contributed by atoms with E-state index in [2.05, 4.69) is 101 Å². The van der Waals surface area contributed by atoms with Crippen molar-refractivity contribution in [1.29, 1.82) is 0 Å². The molecular formula is C32H48N6. The van der Waals surface area contributed by atoms with Crippen molar-refractivity contribution in [3.63, 3.8) is 0 Å². The van der Waals surface area contributed by atoms with E-state index in [-0.39, 0.29) is 5.54 Å². The predicted octanol–water partition coefficient (Wildman–Crippen LogP) is 5.25. The van der Waals surface area contributed by atoms with E-state index in [1.54, 1.807) is 0 Å². The summed E-state index contributed by atoms with van der Waals surface area (Å²) in [5.74, 6) is 1.26. The van der Waals surface area contributed by atoms with Gasteiger partial charge in [-0.1, -0.05) is 49.7 Å². The van der Waals surface area contributed by atoms with Gasteiger partial charge in [0, 0.05) is 51.4 Å². The molecule has 2 aliphatic rings. The Kier molecular flexibility index (Phi) is 8.84. The Hall–Kier alpha value is -2.25. The highest BCUT2D eigenvalue weighted by Gasteiger charge is 2.38. The average Bonchev–Trinajstić information content (AvgIpc) is 3.09. The standard InChI is InChI=1S/C32H48N6/c1-5-11-30(37-20-10-18-33-19-23-37)31-34-28-24-26(14-15-29(28)38(31)6-2)25-36-21-16-32(17-22-36,35(3)4)27-12-8-7-9-13-27/h7-9,12-15,24,30,33H,5-6,10-11,16-23,25H2,1-4H3. The zero-order valence-electron chi connectivity index (χ0n) is 24.1. The molecule has 0 aliphatic carbocycles. The molecule has 2 fully saturated rings. The molecule has 0 spiro atoms. The van der Waals surface area contributed by atoms with E-state index in [0.717, 1.165) is 70.7 Å². The van der Waals surface area contributed by atoms with Crippen LogP contribution in [0.5, 0.6) is 0 Å². The van der Waals surface area contributed by atoms with Crippen LogP contribution in [0.3, 0.4) is 0 Å². The SMILES string of the molecule is CCCC(c1nc2cc(CN3CCC(c4ccccc4)(N(C)C)CC3)ccc2n1CC)N1CCCNCC1. The molecule has 5 rings (SSSR count). The molecule has 2 aliphatic heterocycles. The molecule has 3 aromatic rings. The molecule has 1 atom stereocenters. The maximum absolute atomic E-state index is 5.32. The van der Waals surface area contributed by atoms with Crippen molar-refractivity contribution in [2.75, 3.05) is 53.4 Å². The van der Waals surface area contributed by atoms with Crippen LogP contribution >= 0.6 is 0 Å². The van der Waals surface area contributed by atoms with Crippen molar-refractivity contribution in [1.82, 2.24) is 29.6 Å². The molecule has 1 aromatic heterocycles. The Morgan fingerprint density at radius 1 is 0.974 bits per heavy atom. The van der Waals surface area contributed by atoms with Gasteiger partial charge >= 0.3 is 0 Å². The first-order valence-electron chi connectivity index (χ1n) is 14.9. The predicted molar refractivity (Wildman–Crippen MR) is 158 cm³/mol. The van der Waals surface area contributed by atoms with E-state index in [4.69, 9.17) is 4.98 Å². The highest BCUT2D eigenvalue weighted by Crippen LogP contribution is 2.38. The molecule has 206 valence electrons. The first-order valence-corrected chi connectivity index (χ1v) is 14.9. The summed E-state index contributed by atoms with van der Waals surface area (Å²) in [5, 5.41) is 3.57. The smallest absolute Gasteiger partial charge is 0.127 e. The number of rotatable bonds is 9. The van der Waals surface area contributed by atoms with Crippen molar-refractivity contribution in [2.24, 2.45) is 0 Å². The van der Waals surface area contributed by atoms with Crippen molar-refractivity contribution >= 4 is 11.0 Å². The summed E-state index contributed by atoms with van der Waals surface area (Å²) in [4.78, 5) is 13.1. The Morgan fingerprint density at radius 2 is 1.76 bits per heavy atom. The summed E-state index contributed by atoms with van der Waals surface area (Å²) in [5.41, 5.74) is 5.42. The molecule has 3 heterocycles. The maximum atomic E-state index is 5.32. The Morgan fingerprint density at radius 3 is 2.47 bits per heavy atom. The summed E-state index contributed by atoms with van der Waals surface area (Å²) >= 11 is 0. The largest absolute Gasteiger partial charge is 0.327 e. The zero-order chi connectivity index (χ0) is 26.5. The van der Waals surface area contributed by atoms with E-state index in [9.17, 15) is 0 Å². The third kappa shape index (κ3) is 5.55. The van der Waals surface area contributed by atoms with Crippen LogP contribution < -0.4 is 5.32 Å². The van der Waals surface area contributed by atoms with Crippen LogP contribution in [0.4, 0.5) is 0 Å². The fourth-order valence-corrected chi connectivity index (χ4v) is 6.89. The van der Waals surface area contributed by atoms with Crippen LogP contribution in [-0.4, -0.2) is 77.6 Å². The molecule has 2 saturated heterocycles. The minimum absolute atomic E-state index is 0.133. The first-order chi connectivity index (χ1) is 18.6. The van der Waals surface area contributed by atoms with Crippen LogP contribution in [0, 0.1) is 0 Å². The molecule has 38 heavy (non-hydrogen) atoms. The number of nitrogens with zero attached hydrogens (tertiary/aromatic N) is 5. The molecule has 1 unspecified atom stereocenters. The first kappa shape index (κ1) is 27.3. The molecule has 0 radical (unpaired) electrons. The fraction of sp³-hybridized carbons (Fsp3) is 0.594. The second-order valence-corrected chi connectivity index (χ2v) is 11.5. The fourth-order valence-electron chi connectivity index (χ4n) is 6.89. The summed E-state index contributed by atoms with van der Waals surface area (Å²) in [6, 6.07) is 18.5. The number of fused-ring (bicyclic) bond motifs is 1. The number of hydrogen-bond acceptors (Lipinski definition) is 5. The molecule has 0 amide bonds. The number of hydrogen-bond donors (Lipinski definition) is 1. The molecule has 6 heteroatoms. The maximum Gasteiger partial charge on any atom is 0.127 e. The van der Waals surface area contributed by atoms with Crippen LogP contribution in [0.2, 0.25) is 0 Å². The number of aryl methyl sites for hydroxylation is 1. The van der Waals surface area contributed by atoms with E-state index < -0.39 is 0 Å². The minimum atomic E-state index is 0.133. The van der Waals surface area contributed by atoms with Gasteiger partial charge in [0.05, 0.1) is 17.1 Å². The van der Waals surface area contributed by atoms with Gasteiger partial charge in [0.15, 0.2) is 0 Å². The van der Waals surface area contributed by atoms with Crippen molar-refractivity contribution in [2.45, 2.75) is 70.6 Å². The van der Waals surface area contributed by atoms with E-state index in [1.165, 1.54) is 41.7 Å². The van der Waals surface area contributed by atoms with Gasteiger partial charge in [-0.05, 0) is 76.5 Å². The number of piperidine rings is 1. The lowest BCUT2D eigenvalue weighted by Gasteiger charge is -2.46. The van der Waals surface area contributed by atoms with Gasteiger partial charge in [-0.2, -0.15) is 0 Å². The second-order valence-electron chi connectivity index (χ2n) is 11.5. The van der Waals surface area contributed by atoms with Crippen molar-refractivity contribution in [3.05, 3.63) is 65.5 Å². The van der Waals surface area contributed by atoms with Crippen LogP contribution in [0.25, 0.3) is 11.0 Å². The van der Waals surface area contributed by atoms with E-state index >= 15 is 0 Å². The lowest BCUT2D eigenvalue weighted by molar-refractivity contribution is 0.0507. The van der Waals surface area contributed by atoms with Crippen LogP contribution in [0.15, 0.2) is 48.5 Å². The number of nitrogens with one attached hydrogen (secondary N) is 1. The van der Waals surface area contributed by atoms with E-state index in [0.29, 0.717) is 6.04 Å². The van der Waals surface area contributed by atoms with Crippen molar-refractivity contribution in [3.8, 4) is 0 Å². The number of likely N-dealkylation sites (tertiary alicyclic amines) is 1. The summed E-state index contributed by atoms with van der Waals surface area (Å²) in [6.07, 6.45) is 5.87. The van der Waals surface area contributed by atoms with Gasteiger partial charge in [0.25, 0.3) is 0 Å². The van der Waals surface area contributed by atoms with Gasteiger partial charge in [-0.3, -0.25) is 14.7 Å². The summed E-state index contributed by atoms with van der Waals surface area (Å²) in [7, 11) is 4.48. The van der Waals surface area contributed by atoms with Gasteiger partial charge in [-0.15, -0.1) is 0 Å². The minimum Gasteiger partial charge on any atom is -0.327 e. The Bertz CT molecular complexity index is 1150. The van der Waals surface area contributed by atoms with E-state index in [1.807, 2.05) is 0 Å². The van der Waals surface area contributed by atoms with Gasteiger partial charge in [-0.25, -0.2) is 4.98 Å². The number of imidazole rings is 1. The molecule has 2 aromatic carbocycles. The quantitative estimate of drug-likeness (QED) is 0.421. The normalized spacial score (nSPS) is 20.1. The summed E-state index contributed by atoms with van der Waals surface area (Å²) in [6.45, 7) is 13.2. The molecule has 0 bridgehead atoms. The molecule has 1 N–H and O–H groups in total.